The molecular weight excluding hydrogens is 260 g/mol. The molecule has 2 heterocycles. The molecule has 3 rings (SSSR count). The zero-order valence-electron chi connectivity index (χ0n) is 12.9. The lowest BCUT2D eigenvalue weighted by Gasteiger charge is -2.34. The fourth-order valence-electron chi connectivity index (χ4n) is 3.42. The fourth-order valence-corrected chi connectivity index (χ4v) is 3.42. The molecule has 0 bridgehead atoms. The van der Waals surface area contributed by atoms with E-state index in [-0.39, 0.29) is 6.10 Å². The van der Waals surface area contributed by atoms with Crippen molar-refractivity contribution in [3.63, 3.8) is 0 Å². The molecule has 1 aliphatic rings. The van der Waals surface area contributed by atoms with Crippen LogP contribution < -0.4 is 5.32 Å². The molecule has 0 spiro atoms. The number of nitrogens with zero attached hydrogens (tertiary/aromatic N) is 1. The first-order valence-corrected chi connectivity index (χ1v) is 7.93. The van der Waals surface area contributed by atoms with Crippen LogP contribution in [0.1, 0.15) is 37.9 Å². The Morgan fingerprint density at radius 2 is 2.14 bits per heavy atom. The summed E-state index contributed by atoms with van der Waals surface area (Å²) in [4.78, 5) is 4.45. The van der Waals surface area contributed by atoms with Crippen LogP contribution in [0.4, 0.5) is 0 Å². The number of piperidine rings is 1. The van der Waals surface area contributed by atoms with E-state index in [9.17, 15) is 0 Å². The Morgan fingerprint density at radius 3 is 2.86 bits per heavy atom. The number of aromatic nitrogens is 1. The Labute approximate surface area is 126 Å². The molecule has 1 saturated heterocycles. The number of hydrogen-bond acceptors (Lipinski definition) is 3. The van der Waals surface area contributed by atoms with Gasteiger partial charge in [-0.05, 0) is 43.0 Å². The van der Waals surface area contributed by atoms with Crippen molar-refractivity contribution in [1.82, 2.24) is 10.3 Å². The summed E-state index contributed by atoms with van der Waals surface area (Å²) in [6.45, 7) is 3.38. The van der Waals surface area contributed by atoms with Crippen molar-refractivity contribution < 1.29 is 4.74 Å². The highest BCUT2D eigenvalue weighted by Crippen LogP contribution is 2.31. The second-order valence-electron chi connectivity index (χ2n) is 5.94. The Kier molecular flexibility index (Phi) is 4.51. The minimum absolute atomic E-state index is 0.0932. The summed E-state index contributed by atoms with van der Waals surface area (Å²) in [5.74, 6) is 0.813. The standard InChI is InChI=1S/C18H24N2O/c1-3-13-8-9-17(20-12-13)18(21-2)15-10-11-19-16-7-5-4-6-14(15)16/h4-7,10-11,13,17-18,20H,3,8-9,12H2,1-2H3. The number of para-hydroxylation sites is 1. The molecule has 0 saturated carbocycles. The largest absolute Gasteiger partial charge is 0.375 e. The van der Waals surface area contributed by atoms with E-state index in [0.29, 0.717) is 6.04 Å². The van der Waals surface area contributed by atoms with Crippen LogP contribution in [0.15, 0.2) is 36.5 Å². The number of benzene rings is 1. The lowest BCUT2D eigenvalue weighted by molar-refractivity contribution is 0.0531. The summed E-state index contributed by atoms with van der Waals surface area (Å²) in [5.41, 5.74) is 2.29. The summed E-state index contributed by atoms with van der Waals surface area (Å²) in [6.07, 6.45) is 5.71. The highest BCUT2D eigenvalue weighted by Gasteiger charge is 2.28. The fraction of sp³-hybridized carbons (Fsp3) is 0.500. The lowest BCUT2D eigenvalue weighted by atomic mass is 9.87. The van der Waals surface area contributed by atoms with Gasteiger partial charge in [-0.25, -0.2) is 0 Å². The van der Waals surface area contributed by atoms with E-state index in [2.05, 4.69) is 41.5 Å². The average Bonchev–Trinajstić information content (AvgIpc) is 2.56. The molecule has 3 atom stereocenters. The summed E-state index contributed by atoms with van der Waals surface area (Å²) in [7, 11) is 1.81. The van der Waals surface area contributed by atoms with Gasteiger partial charge >= 0.3 is 0 Å². The molecule has 3 unspecified atom stereocenters. The first kappa shape index (κ1) is 14.5. The Balaban J connectivity index is 1.88. The molecule has 112 valence electrons. The molecule has 3 heteroatoms. The minimum Gasteiger partial charge on any atom is -0.375 e. The Bertz CT molecular complexity index is 585. The van der Waals surface area contributed by atoms with Crippen molar-refractivity contribution in [2.24, 2.45) is 5.92 Å². The van der Waals surface area contributed by atoms with Crippen molar-refractivity contribution in [3.05, 3.63) is 42.1 Å². The highest BCUT2D eigenvalue weighted by atomic mass is 16.5. The summed E-state index contributed by atoms with van der Waals surface area (Å²) in [5, 5.41) is 4.89. The molecule has 1 aliphatic heterocycles. The molecule has 0 aliphatic carbocycles. The van der Waals surface area contributed by atoms with Gasteiger partial charge in [0.05, 0.1) is 11.6 Å². The van der Waals surface area contributed by atoms with Crippen molar-refractivity contribution in [2.45, 2.75) is 38.3 Å². The zero-order valence-corrected chi connectivity index (χ0v) is 12.9. The molecule has 2 aromatic rings. The van der Waals surface area contributed by atoms with Gasteiger partial charge in [0.15, 0.2) is 0 Å². The maximum atomic E-state index is 5.86. The van der Waals surface area contributed by atoms with Gasteiger partial charge in [0.25, 0.3) is 0 Å². The van der Waals surface area contributed by atoms with Gasteiger partial charge < -0.3 is 10.1 Å². The average molecular weight is 284 g/mol. The van der Waals surface area contributed by atoms with Crippen molar-refractivity contribution in [3.8, 4) is 0 Å². The van der Waals surface area contributed by atoms with E-state index in [1.54, 1.807) is 0 Å². The van der Waals surface area contributed by atoms with Crippen molar-refractivity contribution in [2.75, 3.05) is 13.7 Å². The summed E-state index contributed by atoms with van der Waals surface area (Å²) in [6, 6.07) is 10.8. The molecule has 21 heavy (non-hydrogen) atoms. The van der Waals surface area contributed by atoms with Gasteiger partial charge in [0.1, 0.15) is 0 Å². The van der Waals surface area contributed by atoms with Gasteiger partial charge in [0.2, 0.25) is 0 Å². The van der Waals surface area contributed by atoms with Gasteiger partial charge in [-0.3, -0.25) is 4.98 Å². The molecule has 1 aromatic carbocycles. The van der Waals surface area contributed by atoms with E-state index >= 15 is 0 Å². The Hall–Kier alpha value is -1.45. The number of nitrogens with one attached hydrogen (secondary N) is 1. The lowest BCUT2D eigenvalue weighted by Crippen LogP contribution is -2.43. The molecule has 3 nitrogen and oxygen atoms in total. The number of fused-ring (bicyclic) bond motifs is 1. The van der Waals surface area contributed by atoms with Crippen molar-refractivity contribution >= 4 is 10.9 Å². The summed E-state index contributed by atoms with van der Waals surface area (Å²) >= 11 is 0. The number of hydrogen-bond donors (Lipinski definition) is 1. The zero-order chi connectivity index (χ0) is 14.7. The normalized spacial score (nSPS) is 24.1. The third kappa shape index (κ3) is 2.94. The third-order valence-corrected chi connectivity index (χ3v) is 4.74. The molecular formula is C18H24N2O. The maximum absolute atomic E-state index is 5.86. The third-order valence-electron chi connectivity index (χ3n) is 4.74. The second-order valence-corrected chi connectivity index (χ2v) is 5.94. The van der Waals surface area contributed by atoms with Crippen LogP contribution in [0.25, 0.3) is 10.9 Å². The van der Waals surface area contributed by atoms with Crippen LogP contribution in [0.2, 0.25) is 0 Å². The van der Waals surface area contributed by atoms with Crippen LogP contribution in [0.3, 0.4) is 0 Å². The van der Waals surface area contributed by atoms with Crippen molar-refractivity contribution in [1.29, 1.82) is 0 Å². The minimum atomic E-state index is 0.0932. The van der Waals surface area contributed by atoms with Crippen LogP contribution in [0, 0.1) is 5.92 Å². The second kappa shape index (κ2) is 6.54. The SMILES string of the molecule is CCC1CCC(C(OC)c2ccnc3ccccc23)NC1. The van der Waals surface area contributed by atoms with Gasteiger partial charge in [-0.2, -0.15) is 0 Å². The molecule has 0 amide bonds. The van der Waals surface area contributed by atoms with Gasteiger partial charge in [0, 0.05) is 24.7 Å². The number of methoxy groups -OCH3 is 1. The molecule has 0 radical (unpaired) electrons. The Morgan fingerprint density at radius 1 is 1.29 bits per heavy atom. The monoisotopic (exact) mass is 284 g/mol. The maximum Gasteiger partial charge on any atom is 0.0981 e. The predicted octanol–water partition coefficient (Wildman–Crippen LogP) is 3.70. The quantitative estimate of drug-likeness (QED) is 0.929. The number of ether oxygens (including phenoxy) is 1. The number of pyridine rings is 1. The first-order chi connectivity index (χ1) is 10.3. The van der Waals surface area contributed by atoms with Crippen LogP contribution in [-0.4, -0.2) is 24.7 Å². The molecule has 1 N–H and O–H groups in total. The van der Waals surface area contributed by atoms with Crippen LogP contribution >= 0.6 is 0 Å². The van der Waals surface area contributed by atoms with E-state index < -0.39 is 0 Å². The number of rotatable bonds is 4. The van der Waals surface area contributed by atoms with Crippen LogP contribution in [-0.2, 0) is 4.74 Å². The first-order valence-electron chi connectivity index (χ1n) is 7.93. The van der Waals surface area contributed by atoms with E-state index in [0.717, 1.165) is 18.0 Å². The molecule has 1 fully saturated rings. The van der Waals surface area contributed by atoms with Gasteiger partial charge in [-0.15, -0.1) is 0 Å². The highest BCUT2D eigenvalue weighted by molar-refractivity contribution is 5.82. The smallest absolute Gasteiger partial charge is 0.0981 e. The predicted molar refractivity (Wildman–Crippen MR) is 86.3 cm³/mol. The molecule has 1 aromatic heterocycles. The van der Waals surface area contributed by atoms with E-state index in [1.165, 1.54) is 30.2 Å². The summed E-state index contributed by atoms with van der Waals surface area (Å²) < 4.78 is 5.86. The van der Waals surface area contributed by atoms with Crippen LogP contribution in [0.5, 0.6) is 0 Å². The van der Waals surface area contributed by atoms with E-state index in [1.807, 2.05) is 19.4 Å². The van der Waals surface area contributed by atoms with Gasteiger partial charge in [-0.1, -0.05) is 31.5 Å². The topological polar surface area (TPSA) is 34.1 Å². The van der Waals surface area contributed by atoms with E-state index in [4.69, 9.17) is 4.74 Å².